The van der Waals surface area contributed by atoms with Crippen molar-refractivity contribution in [3.63, 3.8) is 0 Å². The van der Waals surface area contributed by atoms with Gasteiger partial charge in [0.2, 0.25) is 0 Å². The highest BCUT2D eigenvalue weighted by Gasteiger charge is 2.14. The van der Waals surface area contributed by atoms with E-state index in [4.69, 9.17) is 5.73 Å². The Labute approximate surface area is 126 Å². The molecule has 0 unspecified atom stereocenters. The molecule has 3 aromatic rings. The average Bonchev–Trinajstić information content (AvgIpc) is 2.55. The fourth-order valence-corrected chi connectivity index (χ4v) is 2.42. The molecule has 0 saturated heterocycles. The lowest BCUT2D eigenvalue weighted by molar-refractivity contribution is 0.794. The first-order chi connectivity index (χ1) is 10.8. The molecule has 6 heteroatoms. The van der Waals surface area contributed by atoms with Gasteiger partial charge in [0.15, 0.2) is 0 Å². The predicted molar refractivity (Wildman–Crippen MR) is 82.6 cm³/mol. The van der Waals surface area contributed by atoms with Crippen LogP contribution < -0.4 is 11.3 Å². The molecule has 2 heterocycles. The Morgan fingerprint density at radius 3 is 2.82 bits per heavy atom. The zero-order chi connectivity index (χ0) is 15.5. The Hall–Kier alpha value is -3.04. The summed E-state index contributed by atoms with van der Waals surface area (Å²) in [6.07, 6.45) is 3.67. The standard InChI is InChI=1S/C16H13N5O/c17-7-6-14-20-13-5-1-3-11(9-18)15(13)16(22)21(14)12-4-2-8-19-10-12/h1-5,8,10H,6-7,17H2. The van der Waals surface area contributed by atoms with Crippen LogP contribution in [0.15, 0.2) is 47.5 Å². The molecule has 108 valence electrons. The number of benzene rings is 1. The molecule has 0 saturated carbocycles. The van der Waals surface area contributed by atoms with Crippen molar-refractivity contribution in [2.45, 2.75) is 6.42 Å². The van der Waals surface area contributed by atoms with Gasteiger partial charge in [0.1, 0.15) is 11.9 Å². The van der Waals surface area contributed by atoms with Crippen LogP contribution in [0.3, 0.4) is 0 Å². The first kappa shape index (κ1) is 13.9. The van der Waals surface area contributed by atoms with Crippen LogP contribution in [-0.4, -0.2) is 21.1 Å². The van der Waals surface area contributed by atoms with Crippen LogP contribution in [0.2, 0.25) is 0 Å². The molecule has 1 aromatic carbocycles. The van der Waals surface area contributed by atoms with Crippen LogP contribution >= 0.6 is 0 Å². The second kappa shape index (κ2) is 5.76. The third-order valence-electron chi connectivity index (χ3n) is 3.36. The van der Waals surface area contributed by atoms with Gasteiger partial charge in [0, 0.05) is 12.6 Å². The summed E-state index contributed by atoms with van der Waals surface area (Å²) in [5.74, 6) is 0.558. The SMILES string of the molecule is N#Cc1cccc2nc(CCN)n(-c3cccnc3)c(=O)c12. The van der Waals surface area contributed by atoms with Gasteiger partial charge in [-0.15, -0.1) is 0 Å². The molecule has 0 aliphatic heterocycles. The van der Waals surface area contributed by atoms with Crippen molar-refractivity contribution in [1.29, 1.82) is 5.26 Å². The molecule has 0 atom stereocenters. The molecule has 0 aliphatic rings. The fourth-order valence-electron chi connectivity index (χ4n) is 2.42. The topological polar surface area (TPSA) is 97.6 Å². The van der Waals surface area contributed by atoms with E-state index in [1.54, 1.807) is 42.7 Å². The molecule has 3 rings (SSSR count). The maximum Gasteiger partial charge on any atom is 0.267 e. The molecule has 22 heavy (non-hydrogen) atoms. The van der Waals surface area contributed by atoms with Crippen LogP contribution in [0.25, 0.3) is 16.6 Å². The maximum absolute atomic E-state index is 12.9. The minimum atomic E-state index is -0.279. The van der Waals surface area contributed by atoms with E-state index >= 15 is 0 Å². The number of rotatable bonds is 3. The number of nitrogens with two attached hydrogens (primary N) is 1. The van der Waals surface area contributed by atoms with Gasteiger partial charge in [0.05, 0.1) is 28.4 Å². The summed E-state index contributed by atoms with van der Waals surface area (Å²) in [4.78, 5) is 21.5. The molecule has 0 amide bonds. The van der Waals surface area contributed by atoms with Gasteiger partial charge >= 0.3 is 0 Å². The van der Waals surface area contributed by atoms with E-state index in [9.17, 15) is 10.1 Å². The fraction of sp³-hybridized carbons (Fsp3) is 0.125. The second-order valence-corrected chi connectivity index (χ2v) is 4.73. The van der Waals surface area contributed by atoms with Crippen molar-refractivity contribution >= 4 is 10.9 Å². The summed E-state index contributed by atoms with van der Waals surface area (Å²) < 4.78 is 1.48. The van der Waals surface area contributed by atoms with E-state index < -0.39 is 0 Å². The van der Waals surface area contributed by atoms with Crippen molar-refractivity contribution in [1.82, 2.24) is 14.5 Å². The summed E-state index contributed by atoms with van der Waals surface area (Å²) in [5.41, 5.74) is 6.78. The highest BCUT2D eigenvalue weighted by Crippen LogP contribution is 2.16. The van der Waals surface area contributed by atoms with Crippen LogP contribution in [0.5, 0.6) is 0 Å². The largest absolute Gasteiger partial charge is 0.330 e. The Bertz CT molecular complexity index is 925. The molecule has 0 bridgehead atoms. The molecular formula is C16H13N5O. The molecule has 6 nitrogen and oxygen atoms in total. The van der Waals surface area contributed by atoms with E-state index in [0.29, 0.717) is 40.9 Å². The lowest BCUT2D eigenvalue weighted by Gasteiger charge is -2.13. The minimum absolute atomic E-state index is 0.279. The Morgan fingerprint density at radius 2 is 2.14 bits per heavy atom. The minimum Gasteiger partial charge on any atom is -0.330 e. The maximum atomic E-state index is 12.9. The normalized spacial score (nSPS) is 10.5. The second-order valence-electron chi connectivity index (χ2n) is 4.73. The monoisotopic (exact) mass is 291 g/mol. The van der Waals surface area contributed by atoms with Crippen molar-refractivity contribution in [2.75, 3.05) is 6.54 Å². The summed E-state index contributed by atoms with van der Waals surface area (Å²) in [7, 11) is 0. The Balaban J connectivity index is 2.44. The van der Waals surface area contributed by atoms with Crippen LogP contribution in [0.1, 0.15) is 11.4 Å². The van der Waals surface area contributed by atoms with Gasteiger partial charge in [-0.3, -0.25) is 14.3 Å². The lowest BCUT2D eigenvalue weighted by atomic mass is 10.1. The quantitative estimate of drug-likeness (QED) is 0.780. The summed E-state index contributed by atoms with van der Waals surface area (Å²) in [6.45, 7) is 0.371. The first-order valence-electron chi connectivity index (χ1n) is 6.81. The summed E-state index contributed by atoms with van der Waals surface area (Å²) >= 11 is 0. The lowest BCUT2D eigenvalue weighted by Crippen LogP contribution is -2.26. The number of aromatic nitrogens is 3. The average molecular weight is 291 g/mol. The number of nitrogens with zero attached hydrogens (tertiary/aromatic N) is 4. The molecule has 0 fully saturated rings. The van der Waals surface area contributed by atoms with Crippen molar-refractivity contribution in [3.8, 4) is 11.8 Å². The van der Waals surface area contributed by atoms with Gasteiger partial charge in [-0.2, -0.15) is 5.26 Å². The van der Waals surface area contributed by atoms with Gasteiger partial charge in [-0.1, -0.05) is 6.07 Å². The summed E-state index contributed by atoms with van der Waals surface area (Å²) in [6, 6.07) is 10.6. The van der Waals surface area contributed by atoms with Crippen molar-refractivity contribution in [3.05, 3.63) is 64.5 Å². The van der Waals surface area contributed by atoms with Crippen LogP contribution in [-0.2, 0) is 6.42 Å². The van der Waals surface area contributed by atoms with Gasteiger partial charge in [-0.05, 0) is 30.8 Å². The van der Waals surface area contributed by atoms with E-state index in [-0.39, 0.29) is 5.56 Å². The molecular weight excluding hydrogens is 278 g/mol. The third kappa shape index (κ3) is 2.24. The molecule has 2 N–H and O–H groups in total. The highest BCUT2D eigenvalue weighted by molar-refractivity contribution is 5.84. The van der Waals surface area contributed by atoms with Gasteiger partial charge in [0.25, 0.3) is 5.56 Å². The van der Waals surface area contributed by atoms with E-state index in [1.807, 2.05) is 6.07 Å². The van der Waals surface area contributed by atoms with Gasteiger partial charge < -0.3 is 5.73 Å². The van der Waals surface area contributed by atoms with Gasteiger partial charge in [-0.25, -0.2) is 4.98 Å². The van der Waals surface area contributed by atoms with E-state index in [0.717, 1.165) is 0 Å². The zero-order valence-electron chi connectivity index (χ0n) is 11.7. The predicted octanol–water partition coefficient (Wildman–Crippen LogP) is 1.15. The summed E-state index contributed by atoms with van der Waals surface area (Å²) in [5, 5.41) is 9.55. The van der Waals surface area contributed by atoms with Crippen LogP contribution in [0, 0.1) is 11.3 Å². The number of fused-ring (bicyclic) bond motifs is 1. The van der Waals surface area contributed by atoms with Crippen molar-refractivity contribution in [2.24, 2.45) is 5.73 Å². The van der Waals surface area contributed by atoms with Crippen molar-refractivity contribution < 1.29 is 0 Å². The number of hydrogen-bond donors (Lipinski definition) is 1. The van der Waals surface area contributed by atoms with E-state index in [1.165, 1.54) is 4.57 Å². The number of pyridine rings is 1. The number of hydrogen-bond acceptors (Lipinski definition) is 5. The zero-order valence-corrected chi connectivity index (χ0v) is 11.7. The highest BCUT2D eigenvalue weighted by atomic mass is 16.1. The molecule has 2 aromatic heterocycles. The molecule has 0 radical (unpaired) electrons. The Kier molecular flexibility index (Phi) is 3.64. The van der Waals surface area contributed by atoms with Crippen LogP contribution in [0.4, 0.5) is 0 Å². The van der Waals surface area contributed by atoms with E-state index in [2.05, 4.69) is 9.97 Å². The smallest absolute Gasteiger partial charge is 0.267 e. The third-order valence-corrected chi connectivity index (χ3v) is 3.36. The molecule has 0 spiro atoms. The first-order valence-corrected chi connectivity index (χ1v) is 6.81. The Morgan fingerprint density at radius 1 is 1.27 bits per heavy atom. The molecule has 0 aliphatic carbocycles. The number of nitriles is 1.